The topological polar surface area (TPSA) is 123 Å². The molecule has 44 heavy (non-hydrogen) atoms. The lowest BCUT2D eigenvalue weighted by atomic mass is 10.0. The summed E-state index contributed by atoms with van der Waals surface area (Å²) in [7, 11) is -3.84. The van der Waals surface area contributed by atoms with Gasteiger partial charge < -0.3 is 9.47 Å². The first-order valence-corrected chi connectivity index (χ1v) is 15.3. The standard InChI is InChI=1S/C33H26ClN3O6S/c1-2-42-27-16-9-24(10-17-27)33(39)43-31-20-11-22-5-3-4-6-29(22)30(31)21-35-36-32(38)23-7-14-26(15-8-23)37-44(40,41)28-18-12-25(34)13-19-28/h3-21,37H,2H2,1H3,(H,36,38)/b35-21+. The molecule has 0 atom stereocenters. The Labute approximate surface area is 259 Å². The molecule has 0 fully saturated rings. The largest absolute Gasteiger partial charge is 0.494 e. The van der Waals surface area contributed by atoms with Crippen molar-refractivity contribution in [1.29, 1.82) is 0 Å². The van der Waals surface area contributed by atoms with E-state index >= 15 is 0 Å². The third-order valence-electron chi connectivity index (χ3n) is 6.42. The highest BCUT2D eigenvalue weighted by atomic mass is 35.5. The molecule has 0 saturated carbocycles. The minimum Gasteiger partial charge on any atom is -0.494 e. The van der Waals surface area contributed by atoms with E-state index in [-0.39, 0.29) is 21.9 Å². The van der Waals surface area contributed by atoms with Gasteiger partial charge >= 0.3 is 5.97 Å². The molecule has 0 aromatic heterocycles. The number of carbonyl (C=O) groups excluding carboxylic acids is 2. The Morgan fingerprint density at radius 3 is 2.23 bits per heavy atom. The van der Waals surface area contributed by atoms with Gasteiger partial charge in [-0.25, -0.2) is 18.6 Å². The average molecular weight is 628 g/mol. The summed E-state index contributed by atoms with van der Waals surface area (Å²) in [6.07, 6.45) is 1.41. The average Bonchev–Trinajstić information content (AvgIpc) is 3.02. The molecule has 0 bridgehead atoms. The number of hydrazone groups is 1. The third kappa shape index (κ3) is 7.23. The van der Waals surface area contributed by atoms with Crippen LogP contribution >= 0.6 is 11.6 Å². The Balaban J connectivity index is 1.30. The summed E-state index contributed by atoms with van der Waals surface area (Å²) in [5.41, 5.74) is 3.83. The quantitative estimate of drug-likeness (QED) is 0.0771. The van der Waals surface area contributed by atoms with Gasteiger partial charge in [0.25, 0.3) is 15.9 Å². The Hall–Kier alpha value is -5.19. The highest BCUT2D eigenvalue weighted by Crippen LogP contribution is 2.28. The van der Waals surface area contributed by atoms with Crippen LogP contribution in [0.4, 0.5) is 5.69 Å². The van der Waals surface area contributed by atoms with Gasteiger partial charge in [-0.15, -0.1) is 0 Å². The summed E-state index contributed by atoms with van der Waals surface area (Å²) in [5.74, 6) is -0.180. The molecule has 0 saturated heterocycles. The van der Waals surface area contributed by atoms with Crippen molar-refractivity contribution < 1.29 is 27.5 Å². The van der Waals surface area contributed by atoms with E-state index in [1.807, 2.05) is 37.3 Å². The molecular weight excluding hydrogens is 602 g/mol. The van der Waals surface area contributed by atoms with Crippen molar-refractivity contribution in [2.45, 2.75) is 11.8 Å². The number of rotatable bonds is 10. The first-order chi connectivity index (χ1) is 21.2. The number of carbonyl (C=O) groups is 2. The predicted molar refractivity (Wildman–Crippen MR) is 170 cm³/mol. The summed E-state index contributed by atoms with van der Waals surface area (Å²) >= 11 is 5.84. The number of benzene rings is 5. The molecule has 0 aliphatic carbocycles. The second-order valence-electron chi connectivity index (χ2n) is 9.38. The van der Waals surface area contributed by atoms with Crippen LogP contribution < -0.4 is 19.6 Å². The second-order valence-corrected chi connectivity index (χ2v) is 11.5. The van der Waals surface area contributed by atoms with Crippen LogP contribution in [0, 0.1) is 0 Å². The van der Waals surface area contributed by atoms with Crippen LogP contribution in [0.25, 0.3) is 10.8 Å². The molecule has 222 valence electrons. The zero-order valence-corrected chi connectivity index (χ0v) is 24.9. The second kappa shape index (κ2) is 13.4. The van der Waals surface area contributed by atoms with Crippen molar-refractivity contribution in [2.75, 3.05) is 11.3 Å². The molecule has 2 N–H and O–H groups in total. The number of hydrogen-bond acceptors (Lipinski definition) is 7. The lowest BCUT2D eigenvalue weighted by molar-refractivity contribution is 0.0734. The number of nitrogens with one attached hydrogen (secondary N) is 2. The van der Waals surface area contributed by atoms with Gasteiger partial charge in [0.1, 0.15) is 11.5 Å². The Morgan fingerprint density at radius 1 is 0.841 bits per heavy atom. The summed E-state index contributed by atoms with van der Waals surface area (Å²) < 4.78 is 38.9. The van der Waals surface area contributed by atoms with Crippen molar-refractivity contribution in [1.82, 2.24) is 5.43 Å². The van der Waals surface area contributed by atoms with E-state index in [1.165, 1.54) is 54.7 Å². The molecule has 0 heterocycles. The normalized spacial score (nSPS) is 11.3. The number of halogens is 1. The van der Waals surface area contributed by atoms with E-state index in [0.29, 0.717) is 28.5 Å². The molecule has 9 nitrogen and oxygen atoms in total. The smallest absolute Gasteiger partial charge is 0.343 e. The Morgan fingerprint density at radius 2 is 1.52 bits per heavy atom. The number of amides is 1. The molecule has 5 aromatic carbocycles. The van der Waals surface area contributed by atoms with Gasteiger partial charge in [0.05, 0.1) is 23.3 Å². The summed E-state index contributed by atoms with van der Waals surface area (Å²) in [5, 5.41) is 6.19. The summed E-state index contributed by atoms with van der Waals surface area (Å²) in [6.45, 7) is 2.39. The van der Waals surface area contributed by atoms with E-state index < -0.39 is 21.9 Å². The van der Waals surface area contributed by atoms with Gasteiger partial charge in [0.15, 0.2) is 0 Å². The molecule has 0 aliphatic rings. The van der Waals surface area contributed by atoms with Gasteiger partial charge in [-0.05, 0) is 96.6 Å². The molecular formula is C33H26ClN3O6S. The Bertz CT molecular complexity index is 1940. The highest BCUT2D eigenvalue weighted by molar-refractivity contribution is 7.92. The van der Waals surface area contributed by atoms with Crippen LogP contribution in [-0.4, -0.2) is 33.1 Å². The van der Waals surface area contributed by atoms with Crippen molar-refractivity contribution in [3.63, 3.8) is 0 Å². The van der Waals surface area contributed by atoms with E-state index in [9.17, 15) is 18.0 Å². The number of sulfonamides is 1. The van der Waals surface area contributed by atoms with Crippen LogP contribution in [0.1, 0.15) is 33.2 Å². The molecule has 0 aliphatic heterocycles. The molecule has 1 amide bonds. The number of hydrogen-bond donors (Lipinski definition) is 2. The van der Waals surface area contributed by atoms with Crippen molar-refractivity contribution in [2.24, 2.45) is 5.10 Å². The van der Waals surface area contributed by atoms with Crippen LogP contribution in [0.15, 0.2) is 119 Å². The number of esters is 1. The summed E-state index contributed by atoms with van der Waals surface area (Å²) in [6, 6.07) is 29.2. The summed E-state index contributed by atoms with van der Waals surface area (Å²) in [4.78, 5) is 25.8. The predicted octanol–water partition coefficient (Wildman–Crippen LogP) is 6.68. The molecule has 0 radical (unpaired) electrons. The monoisotopic (exact) mass is 627 g/mol. The third-order valence-corrected chi connectivity index (χ3v) is 8.07. The van der Waals surface area contributed by atoms with Crippen molar-refractivity contribution in [3.05, 3.63) is 131 Å². The lowest BCUT2D eigenvalue weighted by Gasteiger charge is -2.11. The van der Waals surface area contributed by atoms with Crippen molar-refractivity contribution >= 4 is 56.2 Å². The fourth-order valence-corrected chi connectivity index (χ4v) is 5.43. The molecule has 11 heteroatoms. The number of anilines is 1. The van der Waals surface area contributed by atoms with Crippen LogP contribution in [-0.2, 0) is 10.0 Å². The van der Waals surface area contributed by atoms with E-state index in [0.717, 1.165) is 10.8 Å². The first-order valence-electron chi connectivity index (χ1n) is 13.4. The maximum absolute atomic E-state index is 12.9. The number of ether oxygens (including phenoxy) is 2. The fraction of sp³-hybridized carbons (Fsp3) is 0.0606. The van der Waals surface area contributed by atoms with Gasteiger partial charge in [-0.2, -0.15) is 5.10 Å². The van der Waals surface area contributed by atoms with Gasteiger partial charge in [0, 0.05) is 21.8 Å². The SMILES string of the molecule is CCOc1ccc(C(=O)Oc2ccc3ccccc3c2/C=N/NC(=O)c2ccc(NS(=O)(=O)c3ccc(Cl)cc3)cc2)cc1. The van der Waals surface area contributed by atoms with E-state index in [2.05, 4.69) is 15.2 Å². The minimum atomic E-state index is -3.84. The van der Waals surface area contributed by atoms with Crippen LogP contribution in [0.2, 0.25) is 5.02 Å². The Kier molecular flexibility index (Phi) is 9.23. The number of fused-ring (bicyclic) bond motifs is 1. The van der Waals surface area contributed by atoms with E-state index in [4.69, 9.17) is 21.1 Å². The van der Waals surface area contributed by atoms with Gasteiger partial charge in [0.2, 0.25) is 0 Å². The maximum atomic E-state index is 12.9. The van der Waals surface area contributed by atoms with E-state index in [1.54, 1.807) is 30.3 Å². The van der Waals surface area contributed by atoms with Crippen LogP contribution in [0.3, 0.4) is 0 Å². The zero-order valence-electron chi connectivity index (χ0n) is 23.4. The number of nitrogens with zero attached hydrogens (tertiary/aromatic N) is 1. The molecule has 0 unspecified atom stereocenters. The molecule has 0 spiro atoms. The van der Waals surface area contributed by atoms with Crippen molar-refractivity contribution in [3.8, 4) is 11.5 Å². The molecule has 5 aromatic rings. The molecule has 5 rings (SSSR count). The minimum absolute atomic E-state index is 0.0519. The van der Waals surface area contributed by atoms with Crippen LogP contribution in [0.5, 0.6) is 11.5 Å². The highest BCUT2D eigenvalue weighted by Gasteiger charge is 2.16. The maximum Gasteiger partial charge on any atom is 0.343 e. The lowest BCUT2D eigenvalue weighted by Crippen LogP contribution is -2.18. The first kappa shape index (κ1) is 30.3. The van der Waals surface area contributed by atoms with Gasteiger partial charge in [-0.1, -0.05) is 41.9 Å². The van der Waals surface area contributed by atoms with Gasteiger partial charge in [-0.3, -0.25) is 9.52 Å². The zero-order chi connectivity index (χ0) is 31.1. The fourth-order valence-electron chi connectivity index (χ4n) is 4.25.